The molecule has 0 saturated heterocycles. The molecule has 0 radical (unpaired) electrons. The summed E-state index contributed by atoms with van der Waals surface area (Å²) in [4.78, 5) is 0. The number of phenols is 1. The molecule has 16 heavy (non-hydrogen) atoms. The smallest absolute Gasteiger partial charge is 0.124 e. The lowest BCUT2D eigenvalue weighted by atomic mass is 9.78. The molecule has 2 nitrogen and oxygen atoms in total. The first kappa shape index (κ1) is 11.4. The highest BCUT2D eigenvalue weighted by atomic mass is 19.1. The van der Waals surface area contributed by atoms with E-state index in [0.29, 0.717) is 17.7 Å². The third-order valence-corrected chi connectivity index (χ3v) is 3.79. The van der Waals surface area contributed by atoms with E-state index in [9.17, 15) is 9.50 Å². The predicted octanol–water partition coefficient (Wildman–Crippen LogP) is 2.61. The summed E-state index contributed by atoms with van der Waals surface area (Å²) in [5.41, 5.74) is 6.92. The maximum absolute atomic E-state index is 13.4. The minimum Gasteiger partial charge on any atom is -0.507 e. The fourth-order valence-electron chi connectivity index (χ4n) is 2.77. The standard InChI is InChI=1S/C13H18FNO/c1-9-6-10(14)7-11(12(9)16)13(8-15)4-2-3-5-13/h6-7,16H,2-5,8,15H2,1H3. The number of aryl methyl sites for hydroxylation is 1. The molecule has 0 amide bonds. The average molecular weight is 223 g/mol. The van der Waals surface area contributed by atoms with Gasteiger partial charge >= 0.3 is 0 Å². The number of phenolic OH excluding ortho intramolecular Hbond substituents is 1. The van der Waals surface area contributed by atoms with Gasteiger partial charge < -0.3 is 10.8 Å². The van der Waals surface area contributed by atoms with Crippen molar-refractivity contribution in [2.24, 2.45) is 5.73 Å². The van der Waals surface area contributed by atoms with Gasteiger partial charge in [-0.25, -0.2) is 4.39 Å². The Labute approximate surface area is 95.3 Å². The van der Waals surface area contributed by atoms with Crippen LogP contribution in [0.25, 0.3) is 0 Å². The Morgan fingerprint density at radius 3 is 2.56 bits per heavy atom. The molecule has 1 aromatic carbocycles. The van der Waals surface area contributed by atoms with Crippen LogP contribution in [0.3, 0.4) is 0 Å². The third kappa shape index (κ3) is 1.69. The maximum atomic E-state index is 13.4. The second kappa shape index (κ2) is 4.06. The zero-order valence-electron chi connectivity index (χ0n) is 9.59. The number of aromatic hydroxyl groups is 1. The second-order valence-corrected chi connectivity index (χ2v) is 4.81. The summed E-state index contributed by atoms with van der Waals surface area (Å²) in [6, 6.07) is 2.80. The monoisotopic (exact) mass is 223 g/mol. The highest BCUT2D eigenvalue weighted by Gasteiger charge is 2.36. The van der Waals surface area contributed by atoms with E-state index in [1.165, 1.54) is 12.1 Å². The van der Waals surface area contributed by atoms with Gasteiger partial charge in [-0.2, -0.15) is 0 Å². The molecular weight excluding hydrogens is 205 g/mol. The Hall–Kier alpha value is -1.09. The molecule has 0 atom stereocenters. The molecule has 1 saturated carbocycles. The minimum absolute atomic E-state index is 0.211. The van der Waals surface area contributed by atoms with E-state index >= 15 is 0 Å². The summed E-state index contributed by atoms with van der Waals surface area (Å²) in [6.07, 6.45) is 4.10. The van der Waals surface area contributed by atoms with Crippen LogP contribution in [-0.2, 0) is 5.41 Å². The van der Waals surface area contributed by atoms with Crippen molar-refractivity contribution in [2.75, 3.05) is 6.54 Å². The van der Waals surface area contributed by atoms with Gasteiger partial charge in [0.25, 0.3) is 0 Å². The van der Waals surface area contributed by atoms with E-state index in [-0.39, 0.29) is 17.0 Å². The Morgan fingerprint density at radius 1 is 1.38 bits per heavy atom. The molecule has 1 aliphatic rings. The Bertz CT molecular complexity index is 397. The van der Waals surface area contributed by atoms with Crippen molar-refractivity contribution in [2.45, 2.75) is 38.0 Å². The van der Waals surface area contributed by atoms with Gasteiger partial charge in [0.05, 0.1) is 0 Å². The molecule has 1 aliphatic carbocycles. The van der Waals surface area contributed by atoms with Gasteiger partial charge in [0.2, 0.25) is 0 Å². The molecule has 0 spiro atoms. The number of nitrogens with two attached hydrogens (primary N) is 1. The normalized spacial score (nSPS) is 18.9. The number of benzene rings is 1. The van der Waals surface area contributed by atoms with Crippen molar-refractivity contribution < 1.29 is 9.50 Å². The average Bonchev–Trinajstić information content (AvgIpc) is 2.73. The lowest BCUT2D eigenvalue weighted by molar-refractivity contribution is 0.400. The number of hydrogen-bond donors (Lipinski definition) is 2. The van der Waals surface area contributed by atoms with Gasteiger partial charge in [0.15, 0.2) is 0 Å². The van der Waals surface area contributed by atoms with Crippen molar-refractivity contribution in [3.63, 3.8) is 0 Å². The van der Waals surface area contributed by atoms with Gasteiger partial charge in [0, 0.05) is 17.5 Å². The van der Waals surface area contributed by atoms with Gasteiger partial charge in [-0.05, 0) is 37.5 Å². The third-order valence-electron chi connectivity index (χ3n) is 3.79. The van der Waals surface area contributed by atoms with Crippen LogP contribution in [-0.4, -0.2) is 11.7 Å². The quantitative estimate of drug-likeness (QED) is 0.809. The van der Waals surface area contributed by atoms with Gasteiger partial charge in [0.1, 0.15) is 11.6 Å². The zero-order chi connectivity index (χ0) is 11.8. The fraction of sp³-hybridized carbons (Fsp3) is 0.538. The van der Waals surface area contributed by atoms with Gasteiger partial charge in [-0.1, -0.05) is 12.8 Å². The van der Waals surface area contributed by atoms with Crippen molar-refractivity contribution in [1.82, 2.24) is 0 Å². The molecule has 0 heterocycles. The van der Waals surface area contributed by atoms with Gasteiger partial charge in [-0.15, -0.1) is 0 Å². The largest absolute Gasteiger partial charge is 0.507 e. The topological polar surface area (TPSA) is 46.2 Å². The second-order valence-electron chi connectivity index (χ2n) is 4.81. The van der Waals surface area contributed by atoms with Crippen molar-refractivity contribution in [1.29, 1.82) is 0 Å². The molecule has 0 aromatic heterocycles. The minimum atomic E-state index is -0.287. The predicted molar refractivity (Wildman–Crippen MR) is 62.0 cm³/mol. The summed E-state index contributed by atoms with van der Waals surface area (Å²) in [7, 11) is 0. The molecule has 88 valence electrons. The molecule has 1 aromatic rings. The Kier molecular flexibility index (Phi) is 2.89. The van der Waals surface area contributed by atoms with E-state index in [1.807, 2.05) is 0 Å². The van der Waals surface area contributed by atoms with Crippen LogP contribution in [0.1, 0.15) is 36.8 Å². The molecule has 3 heteroatoms. The first-order chi connectivity index (χ1) is 7.59. The number of hydrogen-bond acceptors (Lipinski definition) is 2. The molecule has 0 unspecified atom stereocenters. The lowest BCUT2D eigenvalue weighted by Gasteiger charge is -2.29. The number of halogens is 1. The van der Waals surface area contributed by atoms with E-state index in [0.717, 1.165) is 25.7 Å². The van der Waals surface area contributed by atoms with Crippen LogP contribution in [0.2, 0.25) is 0 Å². The van der Waals surface area contributed by atoms with Gasteiger partial charge in [-0.3, -0.25) is 0 Å². The SMILES string of the molecule is Cc1cc(F)cc(C2(CN)CCCC2)c1O. The Morgan fingerprint density at radius 2 is 2.00 bits per heavy atom. The van der Waals surface area contributed by atoms with E-state index in [4.69, 9.17) is 5.73 Å². The van der Waals surface area contributed by atoms with E-state index in [1.54, 1.807) is 6.92 Å². The summed E-state index contributed by atoms with van der Waals surface area (Å²) in [6.45, 7) is 2.20. The highest BCUT2D eigenvalue weighted by molar-refractivity contribution is 5.45. The molecule has 1 fully saturated rings. The van der Waals surface area contributed by atoms with E-state index < -0.39 is 0 Å². The summed E-state index contributed by atoms with van der Waals surface area (Å²) < 4.78 is 13.4. The van der Waals surface area contributed by atoms with Crippen LogP contribution in [0.5, 0.6) is 5.75 Å². The summed E-state index contributed by atoms with van der Waals surface area (Å²) >= 11 is 0. The zero-order valence-corrected chi connectivity index (χ0v) is 9.59. The fourth-order valence-corrected chi connectivity index (χ4v) is 2.77. The molecular formula is C13H18FNO. The first-order valence-corrected chi connectivity index (χ1v) is 5.79. The van der Waals surface area contributed by atoms with Crippen molar-refractivity contribution in [3.8, 4) is 5.75 Å². The van der Waals surface area contributed by atoms with Crippen molar-refractivity contribution in [3.05, 3.63) is 29.1 Å². The molecule has 2 rings (SSSR count). The summed E-state index contributed by atoms with van der Waals surface area (Å²) in [5, 5.41) is 10.1. The van der Waals surface area contributed by atoms with Crippen LogP contribution >= 0.6 is 0 Å². The molecule has 0 bridgehead atoms. The lowest BCUT2D eigenvalue weighted by Crippen LogP contribution is -2.32. The highest BCUT2D eigenvalue weighted by Crippen LogP contribution is 2.44. The van der Waals surface area contributed by atoms with Crippen LogP contribution in [0, 0.1) is 12.7 Å². The van der Waals surface area contributed by atoms with Crippen LogP contribution in [0.4, 0.5) is 4.39 Å². The summed E-state index contributed by atoms with van der Waals surface area (Å²) in [5.74, 6) is -0.0706. The first-order valence-electron chi connectivity index (χ1n) is 5.79. The number of rotatable bonds is 2. The molecule has 3 N–H and O–H groups in total. The Balaban J connectivity index is 2.53. The van der Waals surface area contributed by atoms with Crippen LogP contribution in [0.15, 0.2) is 12.1 Å². The van der Waals surface area contributed by atoms with E-state index in [2.05, 4.69) is 0 Å². The van der Waals surface area contributed by atoms with Crippen molar-refractivity contribution >= 4 is 0 Å². The van der Waals surface area contributed by atoms with Crippen LogP contribution < -0.4 is 5.73 Å². The maximum Gasteiger partial charge on any atom is 0.124 e. The molecule has 0 aliphatic heterocycles.